The maximum Gasteiger partial charge on any atom is 0.302 e. The summed E-state index contributed by atoms with van der Waals surface area (Å²) in [7, 11) is 0. The average molecular weight is 515 g/mol. The summed E-state index contributed by atoms with van der Waals surface area (Å²) in [4.78, 5) is 38.8. The maximum absolute atomic E-state index is 14.0. The summed E-state index contributed by atoms with van der Waals surface area (Å²) in [6, 6.07) is 1.96. The number of fused-ring (bicyclic) bond motifs is 5. The van der Waals surface area contributed by atoms with Gasteiger partial charge >= 0.3 is 11.9 Å². The van der Waals surface area contributed by atoms with E-state index in [-0.39, 0.29) is 46.8 Å². The molecule has 7 nitrogen and oxygen atoms in total. The second-order valence-corrected chi connectivity index (χ2v) is 13.6. The Morgan fingerprint density at radius 1 is 0.973 bits per heavy atom. The first-order valence-corrected chi connectivity index (χ1v) is 13.8. The third-order valence-electron chi connectivity index (χ3n) is 11.6. The van der Waals surface area contributed by atoms with Crippen molar-refractivity contribution in [2.24, 2.45) is 39.4 Å². The first-order chi connectivity index (χ1) is 17.2. The summed E-state index contributed by atoms with van der Waals surface area (Å²) < 4.78 is 17.5. The molecule has 0 saturated heterocycles. The predicted octanol–water partition coefficient (Wildman–Crippen LogP) is 5.06. The molecule has 7 heteroatoms. The second kappa shape index (κ2) is 8.42. The van der Waals surface area contributed by atoms with Crippen LogP contribution in [0.5, 0.6) is 0 Å². The number of hydrogen-bond acceptors (Lipinski definition) is 7. The first kappa shape index (κ1) is 26.5. The molecule has 37 heavy (non-hydrogen) atoms. The Kier molecular flexibility index (Phi) is 6.02. The number of furan rings is 1. The van der Waals surface area contributed by atoms with E-state index in [1.165, 1.54) is 13.8 Å². The highest BCUT2D eigenvalue weighted by Gasteiger charge is 2.75. The summed E-state index contributed by atoms with van der Waals surface area (Å²) in [6.45, 7) is 13.6. The number of esters is 2. The standard InChI is InChI=1S/C30H42O7/c1-16(31)36-24-13-22-27(3,4)23(34)14-25(37-17(2)32)29(22,6)21-8-10-28(5)19(18-9-11-35-15-18)12-20(33)26(28)30(21,24)7/h9,11,15,19,21-26,34H,8,10,12-14H2,1-7H3/t19-,21+,22-,23+,24+,25-,26+,28-,29+,30-/m0/s1. The lowest BCUT2D eigenvalue weighted by Crippen LogP contribution is -2.71. The molecular weight excluding hydrogens is 472 g/mol. The van der Waals surface area contributed by atoms with Gasteiger partial charge in [-0.05, 0) is 59.5 Å². The molecule has 5 rings (SSSR count). The van der Waals surface area contributed by atoms with Crippen LogP contribution in [0.2, 0.25) is 0 Å². The van der Waals surface area contributed by atoms with Gasteiger partial charge in [0.2, 0.25) is 0 Å². The monoisotopic (exact) mass is 514 g/mol. The number of ether oxygens (including phenoxy) is 2. The van der Waals surface area contributed by atoms with Gasteiger partial charge in [0.25, 0.3) is 0 Å². The molecular formula is C30H42O7. The summed E-state index contributed by atoms with van der Waals surface area (Å²) >= 11 is 0. The van der Waals surface area contributed by atoms with E-state index in [4.69, 9.17) is 13.9 Å². The van der Waals surface area contributed by atoms with E-state index in [1.54, 1.807) is 12.5 Å². The van der Waals surface area contributed by atoms with Crippen LogP contribution >= 0.6 is 0 Å². The van der Waals surface area contributed by atoms with Crippen LogP contribution in [-0.4, -0.2) is 41.1 Å². The largest absolute Gasteiger partial charge is 0.472 e. The van der Waals surface area contributed by atoms with Gasteiger partial charge in [-0.1, -0.05) is 34.6 Å². The second-order valence-electron chi connectivity index (χ2n) is 13.6. The average Bonchev–Trinajstić information content (AvgIpc) is 3.40. The molecule has 4 aliphatic rings. The van der Waals surface area contributed by atoms with Crippen LogP contribution in [0.1, 0.15) is 92.1 Å². The third-order valence-corrected chi connectivity index (χ3v) is 11.6. The van der Waals surface area contributed by atoms with Crippen molar-refractivity contribution >= 4 is 17.7 Å². The van der Waals surface area contributed by atoms with Crippen LogP contribution in [0.25, 0.3) is 0 Å². The van der Waals surface area contributed by atoms with Gasteiger partial charge in [0.1, 0.15) is 18.0 Å². The molecule has 1 N–H and O–H groups in total. The SMILES string of the molecule is CC(=O)O[C@H]1C[C@@H](O)C(C)(C)[C@@H]2C[C@@H](OC(C)=O)[C@]3(C)[C@H](CC[C@]4(C)[C@H]3C(=O)C[C@H]4c3ccoc3)[C@@]12C. The van der Waals surface area contributed by atoms with E-state index in [1.807, 2.05) is 6.07 Å². The highest BCUT2D eigenvalue weighted by atomic mass is 16.5. The minimum atomic E-state index is -0.662. The van der Waals surface area contributed by atoms with E-state index in [2.05, 4.69) is 34.6 Å². The molecule has 4 saturated carbocycles. The molecule has 0 bridgehead atoms. The number of rotatable bonds is 3. The van der Waals surface area contributed by atoms with Gasteiger partial charge in [0, 0.05) is 43.4 Å². The number of aliphatic hydroxyl groups is 1. The van der Waals surface area contributed by atoms with Crippen LogP contribution in [0, 0.1) is 39.4 Å². The van der Waals surface area contributed by atoms with Crippen LogP contribution in [0.15, 0.2) is 23.0 Å². The summed E-state index contributed by atoms with van der Waals surface area (Å²) in [5, 5.41) is 11.2. The van der Waals surface area contributed by atoms with Crippen LogP contribution in [-0.2, 0) is 23.9 Å². The fourth-order valence-electron chi connectivity index (χ4n) is 10.1. The predicted molar refractivity (Wildman–Crippen MR) is 135 cm³/mol. The Bertz CT molecular complexity index is 1090. The molecule has 1 aromatic heterocycles. The quantitative estimate of drug-likeness (QED) is 0.563. The van der Waals surface area contributed by atoms with E-state index in [9.17, 15) is 19.5 Å². The Morgan fingerprint density at radius 3 is 2.16 bits per heavy atom. The van der Waals surface area contributed by atoms with Crippen LogP contribution in [0.3, 0.4) is 0 Å². The van der Waals surface area contributed by atoms with Crippen LogP contribution < -0.4 is 0 Å². The van der Waals surface area contributed by atoms with Gasteiger partial charge in [-0.3, -0.25) is 14.4 Å². The smallest absolute Gasteiger partial charge is 0.302 e. The van der Waals surface area contributed by atoms with E-state index in [0.29, 0.717) is 19.3 Å². The van der Waals surface area contributed by atoms with Crippen molar-refractivity contribution in [3.05, 3.63) is 24.2 Å². The van der Waals surface area contributed by atoms with Gasteiger partial charge in [0.15, 0.2) is 0 Å². The fourth-order valence-corrected chi connectivity index (χ4v) is 10.1. The highest BCUT2D eigenvalue weighted by molar-refractivity contribution is 5.87. The topological polar surface area (TPSA) is 103 Å². The minimum Gasteiger partial charge on any atom is -0.472 e. The van der Waals surface area contributed by atoms with Crippen molar-refractivity contribution in [1.29, 1.82) is 0 Å². The normalized spacial score (nSPS) is 46.4. The number of ketones is 1. The van der Waals surface area contributed by atoms with Gasteiger partial charge in [0.05, 0.1) is 18.6 Å². The molecule has 0 unspecified atom stereocenters. The lowest BCUT2D eigenvalue weighted by molar-refractivity contribution is -0.280. The number of carbonyl (C=O) groups is 3. The number of Topliss-reactive ketones (excluding diaryl/α,β-unsaturated/α-hetero) is 1. The number of hydrogen-bond donors (Lipinski definition) is 1. The molecule has 204 valence electrons. The molecule has 4 fully saturated rings. The van der Waals surface area contributed by atoms with Gasteiger partial charge in [-0.25, -0.2) is 0 Å². The Hall–Kier alpha value is -2.15. The first-order valence-electron chi connectivity index (χ1n) is 13.8. The molecule has 10 atom stereocenters. The van der Waals surface area contributed by atoms with Crippen molar-refractivity contribution in [1.82, 2.24) is 0 Å². The number of carbonyl (C=O) groups excluding carboxylic acids is 3. The molecule has 0 aromatic carbocycles. The Labute approximate surface area is 219 Å². The molecule has 0 radical (unpaired) electrons. The Morgan fingerprint density at radius 2 is 1.59 bits per heavy atom. The summed E-state index contributed by atoms with van der Waals surface area (Å²) in [5.74, 6) is -0.890. The maximum atomic E-state index is 14.0. The van der Waals surface area contributed by atoms with E-state index in [0.717, 1.165) is 18.4 Å². The lowest BCUT2D eigenvalue weighted by Gasteiger charge is -2.70. The Balaban J connectivity index is 1.68. The summed E-state index contributed by atoms with van der Waals surface area (Å²) in [5.41, 5.74) is -0.880. The van der Waals surface area contributed by atoms with E-state index >= 15 is 0 Å². The molecule has 0 spiro atoms. The van der Waals surface area contributed by atoms with Gasteiger partial charge in [-0.15, -0.1) is 0 Å². The van der Waals surface area contributed by atoms with E-state index < -0.39 is 34.6 Å². The zero-order chi connectivity index (χ0) is 27.1. The van der Waals surface area contributed by atoms with Gasteiger partial charge < -0.3 is 19.0 Å². The highest BCUT2D eigenvalue weighted by Crippen LogP contribution is 2.74. The van der Waals surface area contributed by atoms with Crippen molar-refractivity contribution in [2.75, 3.05) is 0 Å². The fraction of sp³-hybridized carbons (Fsp3) is 0.767. The van der Waals surface area contributed by atoms with Crippen molar-refractivity contribution in [3.8, 4) is 0 Å². The zero-order valence-corrected chi connectivity index (χ0v) is 23.2. The van der Waals surface area contributed by atoms with Crippen molar-refractivity contribution in [3.63, 3.8) is 0 Å². The van der Waals surface area contributed by atoms with Crippen molar-refractivity contribution < 1.29 is 33.4 Å². The molecule has 4 aliphatic carbocycles. The molecule has 1 heterocycles. The van der Waals surface area contributed by atoms with Gasteiger partial charge in [-0.2, -0.15) is 0 Å². The summed E-state index contributed by atoms with van der Waals surface area (Å²) in [6.07, 6.45) is 4.76. The minimum absolute atomic E-state index is 0.0376. The third kappa shape index (κ3) is 3.51. The van der Waals surface area contributed by atoms with Crippen LogP contribution in [0.4, 0.5) is 0 Å². The molecule has 0 amide bonds. The zero-order valence-electron chi connectivity index (χ0n) is 23.2. The molecule has 1 aromatic rings. The van der Waals surface area contributed by atoms with Crippen molar-refractivity contribution in [2.45, 2.75) is 105 Å². The lowest BCUT2D eigenvalue weighted by atomic mass is 9.35. The number of aliphatic hydroxyl groups excluding tert-OH is 1. The molecule has 0 aliphatic heterocycles.